The molecule has 6 nitrogen and oxygen atoms in total. The van der Waals surface area contributed by atoms with Gasteiger partial charge in [-0.1, -0.05) is 0 Å². The molecule has 158 valence electrons. The quantitative estimate of drug-likeness (QED) is 0.502. The van der Waals surface area contributed by atoms with Crippen molar-refractivity contribution in [1.82, 2.24) is 20.5 Å². The Kier molecular flexibility index (Phi) is 9.55. The highest BCUT2D eigenvalue weighted by Crippen LogP contribution is 2.18. The van der Waals surface area contributed by atoms with Crippen molar-refractivity contribution in [3.8, 4) is 0 Å². The van der Waals surface area contributed by atoms with Gasteiger partial charge in [0.15, 0.2) is 5.96 Å². The van der Waals surface area contributed by atoms with Gasteiger partial charge in [-0.15, -0.1) is 0 Å². The lowest BCUT2D eigenvalue weighted by molar-refractivity contribution is 0.178. The number of pyridine rings is 1. The molecule has 0 amide bonds. The molecule has 0 radical (unpaired) electrons. The number of piperidine rings is 1. The van der Waals surface area contributed by atoms with E-state index >= 15 is 0 Å². The first kappa shape index (κ1) is 22.5. The number of hydrogen-bond donors (Lipinski definition) is 2. The van der Waals surface area contributed by atoms with Gasteiger partial charge in [0.25, 0.3) is 0 Å². The molecule has 0 unspecified atom stereocenters. The van der Waals surface area contributed by atoms with Gasteiger partial charge in [0.05, 0.1) is 6.54 Å². The summed E-state index contributed by atoms with van der Waals surface area (Å²) in [4.78, 5) is 14.2. The zero-order valence-electron chi connectivity index (χ0n) is 18.5. The molecule has 2 N–H and O–H groups in total. The molecule has 28 heavy (non-hydrogen) atoms. The van der Waals surface area contributed by atoms with Gasteiger partial charge in [0.2, 0.25) is 0 Å². The predicted octanol–water partition coefficient (Wildman–Crippen LogP) is 3.25. The van der Waals surface area contributed by atoms with Crippen LogP contribution in [0.2, 0.25) is 0 Å². The molecule has 1 aliphatic rings. The third-order valence-corrected chi connectivity index (χ3v) is 5.24. The fourth-order valence-corrected chi connectivity index (χ4v) is 3.78. The Bertz CT molecular complexity index is 584. The molecule has 2 rings (SSSR count). The SMILES string of the molecule is CCNC(=NCc1ccnc(N2CCCCC2)c1)NCCN(C(C)C)C(C)C. The van der Waals surface area contributed by atoms with Crippen molar-refractivity contribution in [2.45, 2.75) is 72.5 Å². The van der Waals surface area contributed by atoms with E-state index in [9.17, 15) is 0 Å². The fraction of sp³-hybridized carbons (Fsp3) is 0.727. The number of aromatic nitrogens is 1. The number of aliphatic imine (C=N–C) groups is 1. The van der Waals surface area contributed by atoms with Crippen LogP contribution in [0.4, 0.5) is 5.82 Å². The third kappa shape index (κ3) is 7.30. The predicted molar refractivity (Wildman–Crippen MR) is 120 cm³/mol. The lowest BCUT2D eigenvalue weighted by Gasteiger charge is -2.30. The minimum absolute atomic E-state index is 0.548. The molecule has 0 aliphatic carbocycles. The van der Waals surface area contributed by atoms with Crippen LogP contribution in [0, 0.1) is 0 Å². The van der Waals surface area contributed by atoms with Crippen molar-refractivity contribution < 1.29 is 0 Å². The van der Waals surface area contributed by atoms with Gasteiger partial charge >= 0.3 is 0 Å². The largest absolute Gasteiger partial charge is 0.357 e. The number of nitrogens with zero attached hydrogens (tertiary/aromatic N) is 4. The summed E-state index contributed by atoms with van der Waals surface area (Å²) in [7, 11) is 0. The number of anilines is 1. The Morgan fingerprint density at radius 1 is 1.14 bits per heavy atom. The summed E-state index contributed by atoms with van der Waals surface area (Å²) in [5, 5.41) is 6.84. The van der Waals surface area contributed by atoms with Crippen molar-refractivity contribution in [3.63, 3.8) is 0 Å². The summed E-state index contributed by atoms with van der Waals surface area (Å²) in [5.74, 6) is 1.97. The van der Waals surface area contributed by atoms with E-state index in [0.717, 1.165) is 44.5 Å². The Morgan fingerprint density at radius 2 is 1.86 bits per heavy atom. The van der Waals surface area contributed by atoms with E-state index in [4.69, 9.17) is 4.99 Å². The minimum Gasteiger partial charge on any atom is -0.357 e. The molecule has 0 saturated carbocycles. The van der Waals surface area contributed by atoms with Crippen molar-refractivity contribution in [2.24, 2.45) is 4.99 Å². The van der Waals surface area contributed by atoms with Crippen LogP contribution in [0.25, 0.3) is 0 Å². The average molecular weight is 389 g/mol. The van der Waals surface area contributed by atoms with Gasteiger partial charge in [-0.2, -0.15) is 0 Å². The summed E-state index contributed by atoms with van der Waals surface area (Å²) in [5.41, 5.74) is 1.21. The molecule has 2 heterocycles. The lowest BCUT2D eigenvalue weighted by atomic mass is 10.1. The maximum atomic E-state index is 4.79. The first-order valence-electron chi connectivity index (χ1n) is 11.0. The smallest absolute Gasteiger partial charge is 0.191 e. The molecule has 1 saturated heterocycles. The van der Waals surface area contributed by atoms with Crippen LogP contribution in [0.3, 0.4) is 0 Å². The van der Waals surface area contributed by atoms with E-state index in [1.54, 1.807) is 0 Å². The summed E-state index contributed by atoms with van der Waals surface area (Å²) in [6, 6.07) is 5.36. The van der Waals surface area contributed by atoms with E-state index in [1.165, 1.54) is 24.8 Å². The molecule has 0 spiro atoms. The standard InChI is InChI=1S/C22H40N6/c1-6-23-22(25-12-15-28(18(2)3)19(4)5)26-17-20-10-11-24-21(16-20)27-13-8-7-9-14-27/h10-11,16,18-19H,6-9,12-15,17H2,1-5H3,(H2,23,25,26). The summed E-state index contributed by atoms with van der Waals surface area (Å²) >= 11 is 0. The average Bonchev–Trinajstić information content (AvgIpc) is 2.69. The molecule has 1 aromatic rings. The summed E-state index contributed by atoms with van der Waals surface area (Å²) in [6.45, 7) is 16.8. The molecular weight excluding hydrogens is 348 g/mol. The van der Waals surface area contributed by atoms with Crippen LogP contribution in [0.5, 0.6) is 0 Å². The Balaban J connectivity index is 1.92. The van der Waals surface area contributed by atoms with Crippen LogP contribution >= 0.6 is 0 Å². The fourth-order valence-electron chi connectivity index (χ4n) is 3.78. The van der Waals surface area contributed by atoms with Crippen molar-refractivity contribution in [3.05, 3.63) is 23.9 Å². The van der Waals surface area contributed by atoms with E-state index in [1.807, 2.05) is 6.20 Å². The van der Waals surface area contributed by atoms with E-state index in [-0.39, 0.29) is 0 Å². The first-order valence-corrected chi connectivity index (χ1v) is 11.0. The van der Waals surface area contributed by atoms with Gasteiger partial charge < -0.3 is 15.5 Å². The molecule has 6 heteroatoms. The lowest BCUT2D eigenvalue weighted by Crippen LogP contribution is -2.45. The van der Waals surface area contributed by atoms with Gasteiger partial charge in [-0.25, -0.2) is 9.98 Å². The highest BCUT2D eigenvalue weighted by atomic mass is 15.2. The van der Waals surface area contributed by atoms with E-state index < -0.39 is 0 Å². The molecule has 1 aliphatic heterocycles. The van der Waals surface area contributed by atoms with Crippen LogP contribution in [-0.2, 0) is 6.54 Å². The zero-order chi connectivity index (χ0) is 20.4. The first-order chi connectivity index (χ1) is 13.5. The van der Waals surface area contributed by atoms with Crippen LogP contribution in [0.15, 0.2) is 23.3 Å². The second-order valence-electron chi connectivity index (χ2n) is 8.12. The van der Waals surface area contributed by atoms with Gasteiger partial charge in [0, 0.05) is 51.0 Å². The number of hydrogen-bond acceptors (Lipinski definition) is 4. The van der Waals surface area contributed by atoms with Crippen LogP contribution in [0.1, 0.15) is 59.4 Å². The Hall–Kier alpha value is -1.82. The normalized spacial score (nSPS) is 15.6. The highest BCUT2D eigenvalue weighted by Gasteiger charge is 2.13. The van der Waals surface area contributed by atoms with Crippen molar-refractivity contribution in [1.29, 1.82) is 0 Å². The third-order valence-electron chi connectivity index (χ3n) is 5.24. The van der Waals surface area contributed by atoms with E-state index in [0.29, 0.717) is 18.6 Å². The summed E-state index contributed by atoms with van der Waals surface area (Å²) < 4.78 is 0. The molecule has 1 aromatic heterocycles. The van der Waals surface area contributed by atoms with Gasteiger partial charge in [0.1, 0.15) is 5.82 Å². The van der Waals surface area contributed by atoms with Crippen LogP contribution < -0.4 is 15.5 Å². The topological polar surface area (TPSA) is 55.8 Å². The van der Waals surface area contributed by atoms with Gasteiger partial charge in [-0.3, -0.25) is 4.90 Å². The maximum absolute atomic E-state index is 4.79. The van der Waals surface area contributed by atoms with Gasteiger partial charge in [-0.05, 0) is 71.6 Å². The minimum atomic E-state index is 0.548. The number of guanidine groups is 1. The molecule has 0 atom stereocenters. The second-order valence-corrected chi connectivity index (χ2v) is 8.12. The second kappa shape index (κ2) is 11.9. The van der Waals surface area contributed by atoms with Crippen molar-refractivity contribution >= 4 is 11.8 Å². The monoisotopic (exact) mass is 388 g/mol. The molecular formula is C22H40N6. The maximum Gasteiger partial charge on any atom is 0.191 e. The summed E-state index contributed by atoms with van der Waals surface area (Å²) in [6.07, 6.45) is 5.78. The Labute approximate surface area is 171 Å². The Morgan fingerprint density at radius 3 is 2.50 bits per heavy atom. The number of nitrogens with one attached hydrogen (secondary N) is 2. The van der Waals surface area contributed by atoms with E-state index in [2.05, 4.69) is 72.2 Å². The zero-order valence-corrected chi connectivity index (χ0v) is 18.5. The molecule has 1 fully saturated rings. The molecule has 0 bridgehead atoms. The molecule has 0 aromatic carbocycles. The highest BCUT2D eigenvalue weighted by molar-refractivity contribution is 5.79. The van der Waals surface area contributed by atoms with Crippen LogP contribution in [-0.4, -0.2) is 60.7 Å². The van der Waals surface area contributed by atoms with Crippen molar-refractivity contribution in [2.75, 3.05) is 37.6 Å². The number of rotatable bonds is 9.